The first-order valence-electron chi connectivity index (χ1n) is 4.85. The number of hydrogen-bond donors (Lipinski definition) is 1. The molecule has 2 N–H and O–H groups in total. The summed E-state index contributed by atoms with van der Waals surface area (Å²) in [5.74, 6) is 0.425. The minimum atomic E-state index is 0.425. The summed E-state index contributed by atoms with van der Waals surface area (Å²) in [6, 6.07) is 3.70. The zero-order valence-electron chi connectivity index (χ0n) is 9.26. The van der Waals surface area contributed by atoms with Gasteiger partial charge in [-0.2, -0.15) is 5.26 Å². The molecule has 1 rings (SSSR count). The van der Waals surface area contributed by atoms with Crippen molar-refractivity contribution in [3.63, 3.8) is 0 Å². The molecule has 0 fully saturated rings. The monoisotopic (exact) mass is 191 g/mol. The molecule has 0 spiro atoms. The Labute approximate surface area is 85.6 Å². The normalized spacial score (nSPS) is 8.50. The summed E-state index contributed by atoms with van der Waals surface area (Å²) in [4.78, 5) is 4.13. The topological polar surface area (TPSA) is 62.7 Å². The van der Waals surface area contributed by atoms with Crippen molar-refractivity contribution in [3.05, 3.63) is 22.9 Å². The number of nitrogens with zero attached hydrogens (tertiary/aromatic N) is 2. The molecule has 0 aliphatic carbocycles. The van der Waals surface area contributed by atoms with Crippen molar-refractivity contribution in [2.75, 3.05) is 5.73 Å². The Hall–Kier alpha value is -1.56. The van der Waals surface area contributed by atoms with Gasteiger partial charge < -0.3 is 5.73 Å². The number of rotatable bonds is 1. The maximum absolute atomic E-state index is 8.73. The van der Waals surface area contributed by atoms with E-state index in [-0.39, 0.29) is 0 Å². The molecular weight excluding hydrogens is 174 g/mol. The smallest absolute Gasteiger partial charge is 0.124 e. The predicted molar refractivity (Wildman–Crippen MR) is 58.8 cm³/mol. The maximum atomic E-state index is 8.73. The van der Waals surface area contributed by atoms with Gasteiger partial charge in [-0.25, -0.2) is 4.98 Å². The van der Waals surface area contributed by atoms with Crippen LogP contribution in [0.2, 0.25) is 0 Å². The first-order valence-corrected chi connectivity index (χ1v) is 4.85. The quantitative estimate of drug-likeness (QED) is 0.741. The van der Waals surface area contributed by atoms with Crippen molar-refractivity contribution in [2.45, 2.75) is 34.1 Å². The molecule has 0 unspecified atom stereocenters. The van der Waals surface area contributed by atoms with Crippen LogP contribution in [0.15, 0.2) is 6.07 Å². The highest BCUT2D eigenvalue weighted by Crippen LogP contribution is 2.14. The summed E-state index contributed by atoms with van der Waals surface area (Å²) in [5.41, 5.74) is 7.99. The fourth-order valence-electron chi connectivity index (χ4n) is 1.14. The van der Waals surface area contributed by atoms with Crippen molar-refractivity contribution in [1.82, 2.24) is 4.98 Å². The summed E-state index contributed by atoms with van der Waals surface area (Å²) in [5, 5.41) is 8.73. The molecule has 0 radical (unpaired) electrons. The molecule has 1 aromatic heterocycles. The lowest BCUT2D eigenvalue weighted by Gasteiger charge is -2.04. The van der Waals surface area contributed by atoms with Crippen LogP contribution in [-0.2, 0) is 6.42 Å². The summed E-state index contributed by atoms with van der Waals surface area (Å²) >= 11 is 0. The van der Waals surface area contributed by atoms with Crippen LogP contribution in [0.1, 0.15) is 37.6 Å². The lowest BCUT2D eigenvalue weighted by atomic mass is 10.1. The van der Waals surface area contributed by atoms with Gasteiger partial charge in [-0.05, 0) is 25.0 Å². The maximum Gasteiger partial charge on any atom is 0.124 e. The van der Waals surface area contributed by atoms with E-state index < -0.39 is 0 Å². The summed E-state index contributed by atoms with van der Waals surface area (Å²) in [7, 11) is 0. The minimum absolute atomic E-state index is 0.425. The second-order valence-electron chi connectivity index (χ2n) is 2.63. The van der Waals surface area contributed by atoms with E-state index in [2.05, 4.69) is 11.1 Å². The van der Waals surface area contributed by atoms with Crippen LogP contribution in [0.5, 0.6) is 0 Å². The molecule has 0 saturated heterocycles. The molecule has 0 amide bonds. The number of nitrogens with two attached hydrogens (primary N) is 1. The second-order valence-corrected chi connectivity index (χ2v) is 2.63. The number of aryl methyl sites for hydroxylation is 1. The highest BCUT2D eigenvalue weighted by atomic mass is 14.8. The zero-order chi connectivity index (χ0) is 11.1. The van der Waals surface area contributed by atoms with E-state index in [4.69, 9.17) is 11.0 Å². The average Bonchev–Trinajstić information content (AvgIpc) is 2.23. The predicted octanol–water partition coefficient (Wildman–Crippen LogP) is 2.43. The van der Waals surface area contributed by atoms with E-state index in [9.17, 15) is 0 Å². The molecule has 0 atom stereocenters. The summed E-state index contributed by atoms with van der Waals surface area (Å²) in [6.07, 6.45) is 0.811. The number of nitrogen functional groups attached to an aromatic ring is 1. The van der Waals surface area contributed by atoms with E-state index in [0.29, 0.717) is 11.4 Å². The Morgan fingerprint density at radius 3 is 2.50 bits per heavy atom. The van der Waals surface area contributed by atoms with Gasteiger partial charge in [0, 0.05) is 5.69 Å². The fraction of sp³-hybridized carbons (Fsp3) is 0.455. The summed E-state index contributed by atoms with van der Waals surface area (Å²) < 4.78 is 0. The number of aromatic nitrogens is 1. The van der Waals surface area contributed by atoms with Crippen molar-refractivity contribution in [2.24, 2.45) is 0 Å². The molecule has 3 nitrogen and oxygen atoms in total. The second kappa shape index (κ2) is 5.98. The van der Waals surface area contributed by atoms with Crippen LogP contribution in [0.4, 0.5) is 5.82 Å². The van der Waals surface area contributed by atoms with Gasteiger partial charge in [-0.1, -0.05) is 20.8 Å². The third kappa shape index (κ3) is 2.74. The molecule has 76 valence electrons. The Bertz CT molecular complexity index is 337. The summed E-state index contributed by atoms with van der Waals surface area (Å²) in [6.45, 7) is 7.89. The lowest BCUT2D eigenvalue weighted by molar-refractivity contribution is 1.01. The van der Waals surface area contributed by atoms with E-state index in [1.54, 1.807) is 6.07 Å². The van der Waals surface area contributed by atoms with Gasteiger partial charge in [0.15, 0.2) is 0 Å². The molecule has 0 aromatic carbocycles. The van der Waals surface area contributed by atoms with E-state index in [1.165, 1.54) is 0 Å². The minimum Gasteiger partial charge on any atom is -0.384 e. The van der Waals surface area contributed by atoms with Gasteiger partial charge in [-0.15, -0.1) is 0 Å². The highest BCUT2D eigenvalue weighted by Gasteiger charge is 2.04. The average molecular weight is 191 g/mol. The molecule has 1 heterocycles. The number of pyridine rings is 1. The Morgan fingerprint density at radius 2 is 2.07 bits per heavy atom. The van der Waals surface area contributed by atoms with Gasteiger partial charge in [-0.3, -0.25) is 0 Å². The molecule has 0 bridgehead atoms. The van der Waals surface area contributed by atoms with E-state index in [0.717, 1.165) is 17.7 Å². The van der Waals surface area contributed by atoms with Gasteiger partial charge in [0.1, 0.15) is 5.82 Å². The Kier molecular flexibility index (Phi) is 5.31. The van der Waals surface area contributed by atoms with Crippen LogP contribution in [0, 0.1) is 18.3 Å². The van der Waals surface area contributed by atoms with Crippen molar-refractivity contribution in [3.8, 4) is 6.07 Å². The number of hydrogen-bond acceptors (Lipinski definition) is 3. The third-order valence-corrected chi connectivity index (χ3v) is 1.85. The van der Waals surface area contributed by atoms with E-state index >= 15 is 0 Å². The fourth-order valence-corrected chi connectivity index (χ4v) is 1.14. The lowest BCUT2D eigenvalue weighted by Crippen LogP contribution is -2.00. The highest BCUT2D eigenvalue weighted by molar-refractivity contribution is 5.46. The van der Waals surface area contributed by atoms with Gasteiger partial charge in [0.25, 0.3) is 0 Å². The molecule has 0 saturated carbocycles. The van der Waals surface area contributed by atoms with E-state index in [1.807, 2.05) is 27.7 Å². The van der Waals surface area contributed by atoms with Gasteiger partial charge >= 0.3 is 0 Å². The molecule has 3 heteroatoms. The molecular formula is C11H17N3. The molecule has 14 heavy (non-hydrogen) atoms. The van der Waals surface area contributed by atoms with Crippen molar-refractivity contribution in [1.29, 1.82) is 5.26 Å². The van der Waals surface area contributed by atoms with Crippen LogP contribution >= 0.6 is 0 Å². The third-order valence-electron chi connectivity index (χ3n) is 1.85. The van der Waals surface area contributed by atoms with Crippen molar-refractivity contribution < 1.29 is 0 Å². The van der Waals surface area contributed by atoms with Crippen LogP contribution in [0.3, 0.4) is 0 Å². The Balaban J connectivity index is 0.000000791. The Morgan fingerprint density at radius 1 is 1.50 bits per heavy atom. The SMILES string of the molecule is CC.CCc1nc(N)cc(C#N)c1C. The molecule has 0 aliphatic rings. The van der Waals surface area contributed by atoms with Crippen molar-refractivity contribution >= 4 is 5.82 Å². The van der Waals surface area contributed by atoms with Crippen LogP contribution in [0.25, 0.3) is 0 Å². The van der Waals surface area contributed by atoms with Crippen LogP contribution < -0.4 is 5.73 Å². The largest absolute Gasteiger partial charge is 0.384 e. The van der Waals surface area contributed by atoms with Crippen LogP contribution in [-0.4, -0.2) is 4.98 Å². The van der Waals surface area contributed by atoms with Gasteiger partial charge in [0.05, 0.1) is 11.6 Å². The number of anilines is 1. The first kappa shape index (κ1) is 12.4. The first-order chi connectivity index (χ1) is 6.69. The molecule has 0 aliphatic heterocycles. The van der Waals surface area contributed by atoms with Gasteiger partial charge in [0.2, 0.25) is 0 Å². The standard InChI is InChI=1S/C9H11N3.C2H6/c1-3-8-6(2)7(5-10)4-9(11)12-8;1-2/h4H,3H2,1-2H3,(H2,11,12);1-2H3. The number of nitriles is 1. The molecule has 1 aromatic rings. The zero-order valence-corrected chi connectivity index (χ0v) is 9.26.